The molecule has 1 aliphatic rings. The van der Waals surface area contributed by atoms with Gasteiger partial charge < -0.3 is 10.4 Å². The van der Waals surface area contributed by atoms with Crippen LogP contribution in [0.15, 0.2) is 12.7 Å². The van der Waals surface area contributed by atoms with Crippen molar-refractivity contribution in [3.05, 3.63) is 12.7 Å². The minimum absolute atomic E-state index is 0.611. The smallest absolute Gasteiger partial charge is 0.475 e. The van der Waals surface area contributed by atoms with Gasteiger partial charge in [-0.25, -0.2) is 4.79 Å². The Morgan fingerprint density at radius 1 is 1.57 bits per heavy atom. The Balaban J connectivity index is 0.000000241. The second-order valence-electron chi connectivity index (χ2n) is 2.74. The summed E-state index contributed by atoms with van der Waals surface area (Å²) >= 11 is 0. The highest BCUT2D eigenvalue weighted by molar-refractivity contribution is 5.73. The summed E-state index contributed by atoms with van der Waals surface area (Å²) in [5.41, 5.74) is 0. The molecule has 14 heavy (non-hydrogen) atoms. The van der Waals surface area contributed by atoms with Crippen molar-refractivity contribution in [3.8, 4) is 0 Å². The fraction of sp³-hybridized carbons (Fsp3) is 0.625. The molecule has 1 atom stereocenters. The van der Waals surface area contributed by atoms with E-state index in [1.807, 2.05) is 6.08 Å². The SMILES string of the molecule is C=CC1CCCN1.O=C(O)C(F)(F)F. The maximum absolute atomic E-state index is 10.6. The standard InChI is InChI=1S/C6H11N.C2HF3O2/c1-2-6-4-3-5-7-6;3-2(4,5)1(6)7/h2,6-7H,1,3-5H2;(H,6,7). The summed E-state index contributed by atoms with van der Waals surface area (Å²) in [6, 6.07) is 0.611. The third-order valence-electron chi connectivity index (χ3n) is 1.63. The highest BCUT2D eigenvalue weighted by atomic mass is 19.4. The van der Waals surface area contributed by atoms with Gasteiger partial charge in [0.2, 0.25) is 0 Å². The first-order chi connectivity index (χ1) is 6.38. The number of nitrogens with one attached hydrogen (secondary N) is 1. The van der Waals surface area contributed by atoms with E-state index in [1.54, 1.807) is 0 Å². The van der Waals surface area contributed by atoms with Gasteiger partial charge in [0.25, 0.3) is 0 Å². The first kappa shape index (κ1) is 13.0. The van der Waals surface area contributed by atoms with Crippen LogP contribution in [0.5, 0.6) is 0 Å². The van der Waals surface area contributed by atoms with Crippen molar-refractivity contribution in [2.45, 2.75) is 25.1 Å². The molecule has 2 N–H and O–H groups in total. The van der Waals surface area contributed by atoms with Gasteiger partial charge >= 0.3 is 12.1 Å². The van der Waals surface area contributed by atoms with Crippen LogP contribution < -0.4 is 5.32 Å². The number of halogens is 3. The molecule has 0 saturated carbocycles. The van der Waals surface area contributed by atoms with Crippen molar-refractivity contribution in [1.82, 2.24) is 5.32 Å². The Labute approximate surface area is 79.6 Å². The summed E-state index contributed by atoms with van der Waals surface area (Å²) in [7, 11) is 0. The van der Waals surface area contributed by atoms with Crippen LogP contribution in [0, 0.1) is 0 Å². The zero-order valence-corrected chi connectivity index (χ0v) is 7.47. The summed E-state index contributed by atoms with van der Waals surface area (Å²) in [6.07, 6.45) is -0.507. The Morgan fingerprint density at radius 3 is 2.21 bits per heavy atom. The summed E-state index contributed by atoms with van der Waals surface area (Å²) in [4.78, 5) is 8.90. The fourth-order valence-electron chi connectivity index (χ4n) is 0.913. The van der Waals surface area contributed by atoms with Gasteiger partial charge in [-0.2, -0.15) is 13.2 Å². The van der Waals surface area contributed by atoms with Gasteiger partial charge in [-0.15, -0.1) is 6.58 Å². The highest BCUT2D eigenvalue weighted by Gasteiger charge is 2.38. The number of hydrogen-bond acceptors (Lipinski definition) is 2. The van der Waals surface area contributed by atoms with Crippen LogP contribution in [0.4, 0.5) is 13.2 Å². The zero-order chi connectivity index (χ0) is 11.2. The van der Waals surface area contributed by atoms with Crippen molar-refractivity contribution < 1.29 is 23.1 Å². The second kappa shape index (κ2) is 5.64. The van der Waals surface area contributed by atoms with Gasteiger partial charge in [-0.1, -0.05) is 6.08 Å². The summed E-state index contributed by atoms with van der Waals surface area (Å²) in [5, 5.41) is 10.4. The van der Waals surface area contributed by atoms with Crippen molar-refractivity contribution in [3.63, 3.8) is 0 Å². The maximum Gasteiger partial charge on any atom is 0.490 e. The van der Waals surface area contributed by atoms with E-state index in [9.17, 15) is 13.2 Å². The minimum atomic E-state index is -5.08. The average Bonchev–Trinajstić information content (AvgIpc) is 2.54. The first-order valence-corrected chi connectivity index (χ1v) is 4.04. The normalized spacial score (nSPS) is 20.9. The molecule has 1 fully saturated rings. The topological polar surface area (TPSA) is 49.3 Å². The molecule has 1 unspecified atom stereocenters. The van der Waals surface area contributed by atoms with Crippen LogP contribution in [0.1, 0.15) is 12.8 Å². The molecule has 1 saturated heterocycles. The predicted molar refractivity (Wildman–Crippen MR) is 44.9 cm³/mol. The molecule has 82 valence electrons. The number of carboxylic acids is 1. The number of aliphatic carboxylic acids is 1. The minimum Gasteiger partial charge on any atom is -0.475 e. The molecule has 1 aliphatic heterocycles. The molecule has 0 aromatic heterocycles. The van der Waals surface area contributed by atoms with Crippen molar-refractivity contribution >= 4 is 5.97 Å². The maximum atomic E-state index is 10.6. The lowest BCUT2D eigenvalue weighted by molar-refractivity contribution is -0.192. The van der Waals surface area contributed by atoms with E-state index in [1.165, 1.54) is 19.4 Å². The van der Waals surface area contributed by atoms with E-state index in [0.717, 1.165) is 0 Å². The molecule has 0 aliphatic carbocycles. The quantitative estimate of drug-likeness (QED) is 0.647. The van der Waals surface area contributed by atoms with Crippen molar-refractivity contribution in [2.75, 3.05) is 6.54 Å². The molecule has 0 radical (unpaired) electrons. The lowest BCUT2D eigenvalue weighted by Crippen LogP contribution is -2.21. The molecule has 0 amide bonds. The summed E-state index contributed by atoms with van der Waals surface area (Å²) < 4.78 is 31.7. The van der Waals surface area contributed by atoms with Gasteiger partial charge in [0, 0.05) is 6.04 Å². The molecule has 6 heteroatoms. The lowest BCUT2D eigenvalue weighted by atomic mass is 10.2. The molecule has 0 spiro atoms. The van der Waals surface area contributed by atoms with E-state index < -0.39 is 12.1 Å². The summed E-state index contributed by atoms with van der Waals surface area (Å²) in [6.45, 7) is 4.86. The van der Waals surface area contributed by atoms with Crippen LogP contribution in [0.2, 0.25) is 0 Å². The molecule has 1 rings (SSSR count). The molecule has 0 bridgehead atoms. The Bertz CT molecular complexity index is 197. The van der Waals surface area contributed by atoms with Crippen molar-refractivity contribution in [2.24, 2.45) is 0 Å². The van der Waals surface area contributed by atoms with Gasteiger partial charge in [-0.05, 0) is 19.4 Å². The Kier molecular flexibility index (Phi) is 5.22. The molecule has 0 aromatic carbocycles. The number of hydrogen-bond donors (Lipinski definition) is 2. The third-order valence-corrected chi connectivity index (χ3v) is 1.63. The largest absolute Gasteiger partial charge is 0.490 e. The number of rotatable bonds is 1. The van der Waals surface area contributed by atoms with Crippen LogP contribution in [0.3, 0.4) is 0 Å². The van der Waals surface area contributed by atoms with Gasteiger partial charge in [0.15, 0.2) is 0 Å². The van der Waals surface area contributed by atoms with Crippen molar-refractivity contribution in [1.29, 1.82) is 0 Å². The molecular formula is C8H12F3NO2. The lowest BCUT2D eigenvalue weighted by Gasteiger charge is -1.97. The first-order valence-electron chi connectivity index (χ1n) is 4.04. The van der Waals surface area contributed by atoms with E-state index in [0.29, 0.717) is 6.04 Å². The molecule has 1 heterocycles. The predicted octanol–water partition coefficient (Wildman–Crippen LogP) is 1.56. The van der Waals surface area contributed by atoms with E-state index in [-0.39, 0.29) is 0 Å². The Morgan fingerprint density at radius 2 is 2.07 bits per heavy atom. The van der Waals surface area contributed by atoms with Gasteiger partial charge in [-0.3, -0.25) is 0 Å². The van der Waals surface area contributed by atoms with E-state index in [2.05, 4.69) is 11.9 Å². The zero-order valence-electron chi connectivity index (χ0n) is 7.47. The van der Waals surface area contributed by atoms with Crippen LogP contribution in [-0.2, 0) is 4.79 Å². The average molecular weight is 211 g/mol. The van der Waals surface area contributed by atoms with Crippen LogP contribution in [0.25, 0.3) is 0 Å². The summed E-state index contributed by atoms with van der Waals surface area (Å²) in [5.74, 6) is -2.76. The van der Waals surface area contributed by atoms with Crippen LogP contribution in [-0.4, -0.2) is 29.8 Å². The monoisotopic (exact) mass is 211 g/mol. The Hall–Kier alpha value is -1.04. The second-order valence-corrected chi connectivity index (χ2v) is 2.74. The van der Waals surface area contributed by atoms with E-state index in [4.69, 9.17) is 9.90 Å². The number of carboxylic acid groups (broad SMARTS) is 1. The fourth-order valence-corrected chi connectivity index (χ4v) is 0.913. The molecular weight excluding hydrogens is 199 g/mol. The van der Waals surface area contributed by atoms with Gasteiger partial charge in [0.05, 0.1) is 0 Å². The number of alkyl halides is 3. The molecule has 0 aromatic rings. The van der Waals surface area contributed by atoms with Crippen LogP contribution >= 0.6 is 0 Å². The highest BCUT2D eigenvalue weighted by Crippen LogP contribution is 2.13. The third kappa shape index (κ3) is 5.58. The molecule has 3 nitrogen and oxygen atoms in total. The van der Waals surface area contributed by atoms with E-state index >= 15 is 0 Å². The number of carbonyl (C=O) groups is 1. The van der Waals surface area contributed by atoms with Gasteiger partial charge in [0.1, 0.15) is 0 Å².